The topological polar surface area (TPSA) is 17.1 Å². The van der Waals surface area contributed by atoms with E-state index in [1.165, 1.54) is 89.9 Å². The van der Waals surface area contributed by atoms with Gasteiger partial charge in [-0.15, -0.1) is 0 Å². The zero-order valence-corrected chi connectivity index (χ0v) is 17.3. The van der Waals surface area contributed by atoms with Gasteiger partial charge in [0.1, 0.15) is 5.78 Å². The van der Waals surface area contributed by atoms with Gasteiger partial charge in [-0.05, 0) is 12.0 Å². The Kier molecular flexibility index (Phi) is 15.3. The minimum Gasteiger partial charge on any atom is -0.299 e. The first kappa shape index (κ1) is 22.9. The van der Waals surface area contributed by atoms with E-state index >= 15 is 0 Å². The smallest absolute Gasteiger partial charge is 0.137 e. The molecule has 0 radical (unpaired) electrons. The second kappa shape index (κ2) is 17.3. The van der Waals surface area contributed by atoms with Crippen LogP contribution in [0.1, 0.15) is 115 Å². The standard InChI is InChI=1S/C25H42O/c1-2-3-4-5-6-7-8-9-10-11-12-13-14-15-19-22-25(26)23-24-20-17-16-18-21-24/h16-18,20-21H,2-15,19,22-23H2,1H3. The van der Waals surface area contributed by atoms with E-state index in [4.69, 9.17) is 0 Å². The molecule has 0 heterocycles. The third kappa shape index (κ3) is 14.1. The number of carbonyl (C=O) groups excluding carboxylic acids is 1. The minimum absolute atomic E-state index is 0.394. The molecule has 0 saturated heterocycles. The molecule has 0 aromatic heterocycles. The Hall–Kier alpha value is -1.11. The summed E-state index contributed by atoms with van der Waals surface area (Å²) in [5, 5.41) is 0. The SMILES string of the molecule is CCCCCCCCCCCCCCCCCC(=O)Cc1ccccc1. The normalized spacial score (nSPS) is 11.0. The van der Waals surface area contributed by atoms with Gasteiger partial charge in [0.2, 0.25) is 0 Å². The molecule has 0 saturated carbocycles. The van der Waals surface area contributed by atoms with E-state index in [0.29, 0.717) is 12.2 Å². The van der Waals surface area contributed by atoms with E-state index in [-0.39, 0.29) is 0 Å². The second-order valence-electron chi connectivity index (χ2n) is 7.90. The highest BCUT2D eigenvalue weighted by atomic mass is 16.1. The van der Waals surface area contributed by atoms with Gasteiger partial charge in [0.25, 0.3) is 0 Å². The van der Waals surface area contributed by atoms with Gasteiger partial charge in [0.05, 0.1) is 0 Å². The molecule has 0 N–H and O–H groups in total. The number of hydrogen-bond acceptors (Lipinski definition) is 1. The van der Waals surface area contributed by atoms with Crippen LogP contribution in [-0.2, 0) is 11.2 Å². The van der Waals surface area contributed by atoms with Gasteiger partial charge in [-0.2, -0.15) is 0 Å². The average molecular weight is 359 g/mol. The summed E-state index contributed by atoms with van der Waals surface area (Å²) in [6.45, 7) is 2.28. The van der Waals surface area contributed by atoms with Crippen LogP contribution in [-0.4, -0.2) is 5.78 Å². The number of Topliss-reactive ketones (excluding diaryl/α,β-unsaturated/α-hetero) is 1. The van der Waals surface area contributed by atoms with E-state index in [9.17, 15) is 4.79 Å². The van der Waals surface area contributed by atoms with Crippen molar-refractivity contribution in [3.8, 4) is 0 Å². The molecule has 0 aliphatic carbocycles. The third-order valence-corrected chi connectivity index (χ3v) is 5.30. The monoisotopic (exact) mass is 358 g/mol. The highest BCUT2D eigenvalue weighted by molar-refractivity contribution is 5.80. The highest BCUT2D eigenvalue weighted by Gasteiger charge is 2.03. The summed E-state index contributed by atoms with van der Waals surface area (Å²) >= 11 is 0. The molecule has 0 spiro atoms. The van der Waals surface area contributed by atoms with Gasteiger partial charge < -0.3 is 0 Å². The van der Waals surface area contributed by atoms with Gasteiger partial charge in [-0.1, -0.05) is 127 Å². The largest absolute Gasteiger partial charge is 0.299 e. The number of ketones is 1. The number of hydrogen-bond donors (Lipinski definition) is 0. The van der Waals surface area contributed by atoms with Crippen molar-refractivity contribution in [3.63, 3.8) is 0 Å². The van der Waals surface area contributed by atoms with Crippen molar-refractivity contribution in [2.75, 3.05) is 0 Å². The molecular formula is C25H42O. The molecule has 1 aromatic rings. The van der Waals surface area contributed by atoms with Crippen LogP contribution < -0.4 is 0 Å². The molecule has 1 heteroatoms. The van der Waals surface area contributed by atoms with Crippen LogP contribution in [0.5, 0.6) is 0 Å². The molecule has 0 aliphatic rings. The fourth-order valence-electron chi connectivity index (χ4n) is 3.61. The maximum absolute atomic E-state index is 11.9. The van der Waals surface area contributed by atoms with Crippen LogP contribution in [0.2, 0.25) is 0 Å². The van der Waals surface area contributed by atoms with Crippen molar-refractivity contribution >= 4 is 5.78 Å². The van der Waals surface area contributed by atoms with Crippen molar-refractivity contribution < 1.29 is 4.79 Å². The molecule has 0 bridgehead atoms. The quantitative estimate of drug-likeness (QED) is 0.242. The van der Waals surface area contributed by atoms with Gasteiger partial charge in [0, 0.05) is 12.8 Å². The molecule has 1 rings (SSSR count). The Morgan fingerprint density at radius 3 is 1.50 bits per heavy atom. The van der Waals surface area contributed by atoms with Crippen molar-refractivity contribution in [2.45, 2.75) is 116 Å². The summed E-state index contributed by atoms with van der Waals surface area (Å²) < 4.78 is 0. The van der Waals surface area contributed by atoms with E-state index < -0.39 is 0 Å². The van der Waals surface area contributed by atoms with E-state index in [0.717, 1.165) is 18.4 Å². The summed E-state index contributed by atoms with van der Waals surface area (Å²) in [6.07, 6.45) is 21.9. The van der Waals surface area contributed by atoms with Crippen molar-refractivity contribution in [3.05, 3.63) is 35.9 Å². The van der Waals surface area contributed by atoms with Gasteiger partial charge in [-0.3, -0.25) is 4.79 Å². The summed E-state index contributed by atoms with van der Waals surface area (Å²) in [7, 11) is 0. The van der Waals surface area contributed by atoms with Crippen LogP contribution >= 0.6 is 0 Å². The highest BCUT2D eigenvalue weighted by Crippen LogP contribution is 2.14. The van der Waals surface area contributed by atoms with Crippen molar-refractivity contribution in [1.29, 1.82) is 0 Å². The lowest BCUT2D eigenvalue weighted by molar-refractivity contribution is -0.118. The van der Waals surface area contributed by atoms with Crippen LogP contribution in [0, 0.1) is 0 Å². The van der Waals surface area contributed by atoms with E-state index in [1.807, 2.05) is 30.3 Å². The predicted octanol–water partition coefficient (Wildman–Crippen LogP) is 8.06. The molecule has 26 heavy (non-hydrogen) atoms. The zero-order chi connectivity index (χ0) is 18.7. The zero-order valence-electron chi connectivity index (χ0n) is 17.3. The maximum atomic E-state index is 11.9. The molecule has 0 amide bonds. The maximum Gasteiger partial charge on any atom is 0.137 e. The Bertz CT molecular complexity index is 423. The number of rotatable bonds is 18. The fraction of sp³-hybridized carbons (Fsp3) is 0.720. The summed E-state index contributed by atoms with van der Waals surface area (Å²) in [5.74, 6) is 0.394. The lowest BCUT2D eigenvalue weighted by Gasteiger charge is -2.04. The van der Waals surface area contributed by atoms with E-state index in [1.54, 1.807) is 0 Å². The minimum atomic E-state index is 0.394. The lowest BCUT2D eigenvalue weighted by atomic mass is 10.0. The molecule has 0 aliphatic heterocycles. The third-order valence-electron chi connectivity index (χ3n) is 5.30. The molecular weight excluding hydrogens is 316 g/mol. The molecule has 0 fully saturated rings. The van der Waals surface area contributed by atoms with Gasteiger partial charge >= 0.3 is 0 Å². The summed E-state index contributed by atoms with van der Waals surface area (Å²) in [5.41, 5.74) is 1.15. The summed E-state index contributed by atoms with van der Waals surface area (Å²) in [6, 6.07) is 10.1. The molecule has 1 nitrogen and oxygen atoms in total. The summed E-state index contributed by atoms with van der Waals surface area (Å²) in [4.78, 5) is 11.9. The molecule has 1 aromatic carbocycles. The molecule has 0 unspecified atom stereocenters. The number of benzene rings is 1. The lowest BCUT2D eigenvalue weighted by Crippen LogP contribution is -2.02. The fourth-order valence-corrected chi connectivity index (χ4v) is 3.61. The number of unbranched alkanes of at least 4 members (excludes halogenated alkanes) is 14. The van der Waals surface area contributed by atoms with Crippen LogP contribution in [0.3, 0.4) is 0 Å². The van der Waals surface area contributed by atoms with Gasteiger partial charge in [0.15, 0.2) is 0 Å². The first-order valence-corrected chi connectivity index (χ1v) is 11.4. The van der Waals surface area contributed by atoms with Crippen LogP contribution in [0.15, 0.2) is 30.3 Å². The Balaban J connectivity index is 1.77. The Morgan fingerprint density at radius 2 is 1.04 bits per heavy atom. The van der Waals surface area contributed by atoms with Crippen molar-refractivity contribution in [2.24, 2.45) is 0 Å². The Labute approximate surface area is 163 Å². The van der Waals surface area contributed by atoms with Crippen molar-refractivity contribution in [1.82, 2.24) is 0 Å². The van der Waals surface area contributed by atoms with E-state index in [2.05, 4.69) is 6.92 Å². The van der Waals surface area contributed by atoms with Gasteiger partial charge in [-0.25, -0.2) is 0 Å². The number of carbonyl (C=O) groups is 1. The predicted molar refractivity (Wildman–Crippen MR) is 115 cm³/mol. The Morgan fingerprint density at radius 1 is 0.615 bits per heavy atom. The molecule has 148 valence electrons. The molecule has 0 atom stereocenters. The first-order chi connectivity index (χ1) is 12.8. The van der Waals surface area contributed by atoms with Crippen LogP contribution in [0.25, 0.3) is 0 Å². The second-order valence-corrected chi connectivity index (χ2v) is 7.90. The first-order valence-electron chi connectivity index (χ1n) is 11.4. The van der Waals surface area contributed by atoms with Crippen LogP contribution in [0.4, 0.5) is 0 Å². The average Bonchev–Trinajstić information content (AvgIpc) is 2.65.